The van der Waals surface area contributed by atoms with Crippen molar-refractivity contribution in [3.63, 3.8) is 0 Å². The number of aryl methyl sites for hydroxylation is 2. The molecule has 0 atom stereocenters. The van der Waals surface area contributed by atoms with Gasteiger partial charge in [-0.1, -0.05) is 23.7 Å². The summed E-state index contributed by atoms with van der Waals surface area (Å²) in [4.78, 5) is 16.2. The summed E-state index contributed by atoms with van der Waals surface area (Å²) < 4.78 is 7.40. The van der Waals surface area contributed by atoms with Gasteiger partial charge in [-0.3, -0.25) is 4.79 Å². The standard InChI is InChI=1S/C19H20ClN3O2/c1-11-8-14(20)10-16(25-4)17(11)22-19-21-15-7-5-6-13(9-12(2)24)18(15)23(19)3/h5-8,10H,9H2,1-4H3,(H,21,22). The summed E-state index contributed by atoms with van der Waals surface area (Å²) in [6, 6.07) is 9.46. The molecular formula is C19H20ClN3O2. The van der Waals surface area contributed by atoms with E-state index < -0.39 is 0 Å². The van der Waals surface area contributed by atoms with Crippen molar-refractivity contribution >= 4 is 40.1 Å². The Morgan fingerprint density at radius 2 is 2.12 bits per heavy atom. The number of hydrogen-bond donors (Lipinski definition) is 1. The Bertz CT molecular complexity index is 963. The highest BCUT2D eigenvalue weighted by Gasteiger charge is 2.15. The zero-order valence-corrected chi connectivity index (χ0v) is 15.4. The second-order valence-electron chi connectivity index (χ2n) is 6.08. The average molecular weight is 358 g/mol. The van der Waals surface area contributed by atoms with Crippen LogP contribution in [-0.2, 0) is 18.3 Å². The van der Waals surface area contributed by atoms with Crippen molar-refractivity contribution in [1.29, 1.82) is 0 Å². The van der Waals surface area contributed by atoms with E-state index in [1.165, 1.54) is 0 Å². The van der Waals surface area contributed by atoms with Gasteiger partial charge in [0.15, 0.2) is 0 Å². The largest absolute Gasteiger partial charge is 0.495 e. The smallest absolute Gasteiger partial charge is 0.208 e. The van der Waals surface area contributed by atoms with E-state index in [9.17, 15) is 4.79 Å². The molecule has 2 aromatic carbocycles. The molecule has 0 radical (unpaired) electrons. The van der Waals surface area contributed by atoms with Crippen LogP contribution in [0.3, 0.4) is 0 Å². The number of fused-ring (bicyclic) bond motifs is 1. The first-order valence-electron chi connectivity index (χ1n) is 7.95. The number of Topliss-reactive ketones (excluding diaryl/α,β-unsaturated/α-hetero) is 1. The molecule has 130 valence electrons. The molecule has 1 aromatic heterocycles. The molecule has 0 spiro atoms. The minimum atomic E-state index is 0.124. The maximum absolute atomic E-state index is 11.6. The molecule has 25 heavy (non-hydrogen) atoms. The van der Waals surface area contributed by atoms with Crippen LogP contribution in [0.5, 0.6) is 5.75 Å². The quantitative estimate of drug-likeness (QED) is 0.734. The molecule has 0 unspecified atom stereocenters. The fourth-order valence-corrected chi connectivity index (χ4v) is 3.28. The summed E-state index contributed by atoms with van der Waals surface area (Å²) in [7, 11) is 3.54. The number of nitrogens with zero attached hydrogens (tertiary/aromatic N) is 2. The predicted molar refractivity (Wildman–Crippen MR) is 101 cm³/mol. The molecule has 0 bridgehead atoms. The molecule has 0 saturated heterocycles. The zero-order valence-electron chi connectivity index (χ0n) is 14.7. The SMILES string of the molecule is COc1cc(Cl)cc(C)c1Nc1nc2cccc(CC(C)=O)c2n1C. The van der Waals surface area contributed by atoms with Gasteiger partial charge >= 0.3 is 0 Å². The molecule has 0 amide bonds. The Kier molecular flexibility index (Phi) is 4.68. The number of ether oxygens (including phenoxy) is 1. The number of methoxy groups -OCH3 is 1. The number of halogens is 1. The van der Waals surface area contributed by atoms with Crippen LogP contribution in [0, 0.1) is 6.92 Å². The minimum absolute atomic E-state index is 0.124. The van der Waals surface area contributed by atoms with Crippen LogP contribution in [0.4, 0.5) is 11.6 Å². The number of rotatable bonds is 5. The first-order valence-corrected chi connectivity index (χ1v) is 8.33. The van der Waals surface area contributed by atoms with E-state index in [4.69, 9.17) is 16.3 Å². The average Bonchev–Trinajstić information content (AvgIpc) is 2.86. The third kappa shape index (κ3) is 3.33. The van der Waals surface area contributed by atoms with Crippen LogP contribution in [0.25, 0.3) is 11.0 Å². The first kappa shape index (κ1) is 17.3. The molecular weight excluding hydrogens is 338 g/mol. The number of carbonyl (C=O) groups excluding carboxylic acids is 1. The van der Waals surface area contributed by atoms with E-state index in [0.29, 0.717) is 23.1 Å². The summed E-state index contributed by atoms with van der Waals surface area (Å²) in [6.07, 6.45) is 0.388. The number of aromatic nitrogens is 2. The van der Waals surface area contributed by atoms with E-state index >= 15 is 0 Å². The second kappa shape index (κ2) is 6.76. The highest BCUT2D eigenvalue weighted by atomic mass is 35.5. The van der Waals surface area contributed by atoms with Crippen molar-refractivity contribution < 1.29 is 9.53 Å². The minimum Gasteiger partial charge on any atom is -0.495 e. The molecule has 3 rings (SSSR count). The second-order valence-corrected chi connectivity index (χ2v) is 6.52. The van der Waals surface area contributed by atoms with Gasteiger partial charge in [0.2, 0.25) is 5.95 Å². The van der Waals surface area contributed by atoms with Gasteiger partial charge in [0.05, 0.1) is 23.8 Å². The van der Waals surface area contributed by atoms with Gasteiger partial charge in [0, 0.05) is 24.6 Å². The summed E-state index contributed by atoms with van der Waals surface area (Å²) >= 11 is 6.11. The summed E-state index contributed by atoms with van der Waals surface area (Å²) in [5.41, 5.74) is 4.53. The molecule has 0 fully saturated rings. The van der Waals surface area contributed by atoms with Crippen LogP contribution in [0.2, 0.25) is 5.02 Å². The number of para-hydroxylation sites is 1. The molecule has 0 saturated carbocycles. The molecule has 1 N–H and O–H groups in total. The number of ketones is 1. The lowest BCUT2D eigenvalue weighted by atomic mass is 10.1. The fraction of sp³-hybridized carbons (Fsp3) is 0.263. The highest BCUT2D eigenvalue weighted by molar-refractivity contribution is 6.31. The Hall–Kier alpha value is -2.53. The number of imidazole rings is 1. The molecule has 6 heteroatoms. The van der Waals surface area contributed by atoms with Gasteiger partial charge in [0.25, 0.3) is 0 Å². The number of carbonyl (C=O) groups is 1. The molecule has 5 nitrogen and oxygen atoms in total. The van der Waals surface area contributed by atoms with E-state index in [1.807, 2.05) is 42.8 Å². The predicted octanol–water partition coefficient (Wildman–Crippen LogP) is 4.42. The Labute approximate surface area is 151 Å². The number of hydrogen-bond acceptors (Lipinski definition) is 4. The van der Waals surface area contributed by atoms with Crippen molar-refractivity contribution in [2.45, 2.75) is 20.3 Å². The van der Waals surface area contributed by atoms with Gasteiger partial charge in [-0.05, 0) is 37.1 Å². The number of anilines is 2. The maximum Gasteiger partial charge on any atom is 0.208 e. The van der Waals surface area contributed by atoms with Crippen molar-refractivity contribution in [2.24, 2.45) is 7.05 Å². The van der Waals surface area contributed by atoms with Crippen LogP contribution in [0.1, 0.15) is 18.1 Å². The van der Waals surface area contributed by atoms with Crippen molar-refractivity contribution in [3.05, 3.63) is 46.5 Å². The van der Waals surface area contributed by atoms with E-state index in [-0.39, 0.29) is 5.78 Å². The number of nitrogens with one attached hydrogen (secondary N) is 1. The lowest BCUT2D eigenvalue weighted by molar-refractivity contribution is -0.116. The van der Waals surface area contributed by atoms with E-state index in [0.717, 1.165) is 27.8 Å². The molecule has 3 aromatic rings. The van der Waals surface area contributed by atoms with Crippen LogP contribution in [0.15, 0.2) is 30.3 Å². The summed E-state index contributed by atoms with van der Waals surface area (Å²) in [6.45, 7) is 3.55. The summed E-state index contributed by atoms with van der Waals surface area (Å²) in [5.74, 6) is 1.45. The monoisotopic (exact) mass is 357 g/mol. The Morgan fingerprint density at radius 1 is 1.36 bits per heavy atom. The molecule has 1 heterocycles. The zero-order chi connectivity index (χ0) is 18.1. The molecule has 0 aliphatic carbocycles. The fourth-order valence-electron chi connectivity index (χ4n) is 3.02. The van der Waals surface area contributed by atoms with Gasteiger partial charge in [0.1, 0.15) is 11.5 Å². The summed E-state index contributed by atoms with van der Waals surface area (Å²) in [5, 5.41) is 3.96. The first-order chi connectivity index (χ1) is 11.9. The third-order valence-electron chi connectivity index (χ3n) is 4.14. The van der Waals surface area contributed by atoms with Crippen molar-refractivity contribution in [2.75, 3.05) is 12.4 Å². The van der Waals surface area contributed by atoms with Crippen LogP contribution in [-0.4, -0.2) is 22.4 Å². The molecule has 0 aliphatic rings. The van der Waals surface area contributed by atoms with Gasteiger partial charge < -0.3 is 14.6 Å². The molecule has 0 aliphatic heterocycles. The van der Waals surface area contributed by atoms with Crippen molar-refractivity contribution in [1.82, 2.24) is 9.55 Å². The van der Waals surface area contributed by atoms with Gasteiger partial charge in [-0.15, -0.1) is 0 Å². The highest BCUT2D eigenvalue weighted by Crippen LogP contribution is 2.35. The number of benzene rings is 2. The van der Waals surface area contributed by atoms with Gasteiger partial charge in [-0.2, -0.15) is 0 Å². The topological polar surface area (TPSA) is 56.1 Å². The lowest BCUT2D eigenvalue weighted by Gasteiger charge is -2.14. The van der Waals surface area contributed by atoms with Crippen LogP contribution < -0.4 is 10.1 Å². The normalized spacial score (nSPS) is 10.9. The maximum atomic E-state index is 11.6. The third-order valence-corrected chi connectivity index (χ3v) is 4.36. The van der Waals surface area contributed by atoms with Gasteiger partial charge in [-0.25, -0.2) is 4.98 Å². The van der Waals surface area contributed by atoms with Crippen molar-refractivity contribution in [3.8, 4) is 5.75 Å². The Balaban J connectivity index is 2.09. The lowest BCUT2D eigenvalue weighted by Crippen LogP contribution is -2.04. The van der Waals surface area contributed by atoms with E-state index in [2.05, 4.69) is 10.3 Å². The van der Waals surface area contributed by atoms with E-state index in [1.54, 1.807) is 20.1 Å². The Morgan fingerprint density at radius 3 is 2.80 bits per heavy atom. The van der Waals surface area contributed by atoms with Crippen LogP contribution >= 0.6 is 11.6 Å².